The summed E-state index contributed by atoms with van der Waals surface area (Å²) in [5, 5.41) is 12.2. The fourth-order valence-corrected chi connectivity index (χ4v) is 3.26. The minimum atomic E-state index is -1.07. The molecule has 0 aromatic rings. The number of carboxylic acid groups (broad SMARTS) is 1. The molecule has 1 heterocycles. The van der Waals surface area contributed by atoms with Crippen LogP contribution in [-0.4, -0.2) is 51.6 Å². The lowest BCUT2D eigenvalue weighted by Crippen LogP contribution is -2.56. The molecule has 0 aromatic carbocycles. The number of hydrogen-bond acceptors (Lipinski definition) is 4. The minimum Gasteiger partial charge on any atom is -0.476 e. The van der Waals surface area contributed by atoms with Gasteiger partial charge in [0.25, 0.3) is 6.04 Å². The molecule has 0 spiro atoms. The predicted molar refractivity (Wildman–Crippen MR) is 96.2 cm³/mol. The highest BCUT2D eigenvalue weighted by molar-refractivity contribution is 6.00. The van der Waals surface area contributed by atoms with Gasteiger partial charge in [0.2, 0.25) is 0 Å². The van der Waals surface area contributed by atoms with Crippen LogP contribution >= 0.6 is 0 Å². The maximum atomic E-state index is 13.1. The predicted octanol–water partition coefficient (Wildman–Crippen LogP) is 2.34. The highest BCUT2D eigenvalue weighted by atomic mass is 16.6. The molecule has 0 fully saturated rings. The SMILES string of the molecule is CC(C)(C)OC(=O)N[C@H](C(=O)[N+]1=CC2=C([C@H]1C(=O)O)C2(C)C)C(C)(C)C. The lowest BCUT2D eigenvalue weighted by molar-refractivity contribution is -0.465. The Kier molecular flexibility index (Phi) is 4.59. The summed E-state index contributed by atoms with van der Waals surface area (Å²) in [6.45, 7) is 14.5. The highest BCUT2D eigenvalue weighted by Gasteiger charge is 2.63. The zero-order valence-electron chi connectivity index (χ0n) is 16.8. The maximum absolute atomic E-state index is 13.1. The van der Waals surface area contributed by atoms with E-state index in [1.807, 2.05) is 34.6 Å². The van der Waals surface area contributed by atoms with Crippen LogP contribution in [0.1, 0.15) is 55.4 Å². The first-order valence-electron chi connectivity index (χ1n) is 8.72. The number of alkyl carbamates (subject to hydrolysis) is 1. The van der Waals surface area contributed by atoms with Crippen LogP contribution in [0.5, 0.6) is 0 Å². The second-order valence-corrected chi connectivity index (χ2v) is 9.51. The van der Waals surface area contributed by atoms with Gasteiger partial charge in [0.05, 0.1) is 0 Å². The van der Waals surface area contributed by atoms with Gasteiger partial charge in [0.1, 0.15) is 5.60 Å². The quantitative estimate of drug-likeness (QED) is 0.749. The Balaban J connectivity index is 2.27. The standard InChI is InChI=1S/C19H28N2O5/c1-17(2,3)13(20-16(25)26-18(4,5)6)14(22)21-9-10-11(19(10,7)8)12(21)15(23)24/h9,12-13H,1-8H3,(H-,20,23,24,25)/p+1/t12-,13+/m0/s1. The van der Waals surface area contributed by atoms with Crippen molar-refractivity contribution in [2.45, 2.75) is 73.1 Å². The van der Waals surface area contributed by atoms with E-state index in [2.05, 4.69) is 5.32 Å². The second-order valence-electron chi connectivity index (χ2n) is 9.51. The number of ether oxygens (including phenoxy) is 1. The number of rotatable bonds is 3. The molecular weight excluding hydrogens is 336 g/mol. The number of carbonyl (C=O) groups is 3. The topological polar surface area (TPSA) is 95.7 Å². The zero-order valence-corrected chi connectivity index (χ0v) is 16.8. The van der Waals surface area contributed by atoms with Crippen molar-refractivity contribution >= 4 is 24.2 Å². The van der Waals surface area contributed by atoms with Gasteiger partial charge in [-0.1, -0.05) is 34.6 Å². The molecule has 1 aliphatic carbocycles. The van der Waals surface area contributed by atoms with E-state index >= 15 is 0 Å². The number of carbonyl (C=O) groups excluding carboxylic acids is 2. The van der Waals surface area contributed by atoms with Gasteiger partial charge in [-0.2, -0.15) is 0 Å². The monoisotopic (exact) mass is 365 g/mol. The number of carboxylic acids is 1. The van der Waals surface area contributed by atoms with Gasteiger partial charge in [0, 0.05) is 16.6 Å². The van der Waals surface area contributed by atoms with Gasteiger partial charge >= 0.3 is 18.0 Å². The first-order valence-corrected chi connectivity index (χ1v) is 8.72. The minimum absolute atomic E-state index is 0.282. The molecule has 0 unspecified atom stereocenters. The van der Waals surface area contributed by atoms with Crippen molar-refractivity contribution in [1.29, 1.82) is 0 Å². The van der Waals surface area contributed by atoms with Crippen LogP contribution in [0.2, 0.25) is 0 Å². The van der Waals surface area contributed by atoms with Crippen molar-refractivity contribution in [2.24, 2.45) is 10.8 Å². The van der Waals surface area contributed by atoms with Crippen molar-refractivity contribution in [2.75, 3.05) is 0 Å². The van der Waals surface area contributed by atoms with Crippen LogP contribution < -0.4 is 5.32 Å². The molecule has 0 saturated carbocycles. The number of aliphatic carboxylic acids is 1. The lowest BCUT2D eigenvalue weighted by Gasteiger charge is -2.29. The van der Waals surface area contributed by atoms with Crippen LogP contribution in [-0.2, 0) is 14.3 Å². The summed E-state index contributed by atoms with van der Waals surface area (Å²) in [4.78, 5) is 37.1. The maximum Gasteiger partial charge on any atom is 0.411 e. The number of allylic oxidation sites excluding steroid dienone is 1. The fraction of sp³-hybridized carbons (Fsp3) is 0.684. The largest absolute Gasteiger partial charge is 0.476 e. The van der Waals surface area contributed by atoms with E-state index in [1.54, 1.807) is 27.0 Å². The van der Waals surface area contributed by atoms with Gasteiger partial charge in [0.15, 0.2) is 12.3 Å². The Labute approximate surface area is 154 Å². The third-order valence-electron chi connectivity index (χ3n) is 4.66. The third kappa shape index (κ3) is 3.66. The molecule has 2 N–H and O–H groups in total. The van der Waals surface area contributed by atoms with Crippen LogP contribution in [0, 0.1) is 10.8 Å². The molecule has 0 aromatic heterocycles. The Morgan fingerprint density at radius 3 is 2.15 bits per heavy atom. The van der Waals surface area contributed by atoms with E-state index in [-0.39, 0.29) is 5.41 Å². The molecule has 0 bridgehead atoms. The number of nitrogens with one attached hydrogen (secondary N) is 1. The molecule has 144 valence electrons. The van der Waals surface area contributed by atoms with E-state index in [4.69, 9.17) is 4.74 Å². The third-order valence-corrected chi connectivity index (χ3v) is 4.66. The number of nitrogens with zero attached hydrogens (tertiary/aromatic N) is 1. The summed E-state index contributed by atoms with van der Waals surface area (Å²) in [6, 6.07) is -1.94. The van der Waals surface area contributed by atoms with Gasteiger partial charge in [-0.15, -0.1) is 4.58 Å². The molecule has 7 nitrogen and oxygen atoms in total. The summed E-state index contributed by atoms with van der Waals surface area (Å²) < 4.78 is 6.48. The summed E-state index contributed by atoms with van der Waals surface area (Å²) >= 11 is 0. The lowest BCUT2D eigenvalue weighted by atomic mass is 9.85. The molecule has 2 atom stereocenters. The zero-order chi connectivity index (χ0) is 20.2. The molecule has 26 heavy (non-hydrogen) atoms. The molecular formula is C19H29N2O5+. The summed E-state index contributed by atoms with van der Waals surface area (Å²) in [7, 11) is 0. The Morgan fingerprint density at radius 2 is 1.73 bits per heavy atom. The Morgan fingerprint density at radius 1 is 1.19 bits per heavy atom. The average Bonchev–Trinajstić information content (AvgIpc) is 2.81. The van der Waals surface area contributed by atoms with Gasteiger partial charge < -0.3 is 15.2 Å². The van der Waals surface area contributed by atoms with Gasteiger partial charge in [-0.05, 0) is 26.2 Å². The molecule has 7 heteroatoms. The first-order chi connectivity index (χ1) is 11.6. The smallest absolute Gasteiger partial charge is 0.411 e. The fourth-order valence-electron chi connectivity index (χ4n) is 3.26. The molecule has 0 saturated heterocycles. The van der Waals surface area contributed by atoms with Crippen molar-refractivity contribution < 1.29 is 28.8 Å². The average molecular weight is 365 g/mol. The number of amides is 2. The van der Waals surface area contributed by atoms with E-state index in [0.717, 1.165) is 11.1 Å². The second kappa shape index (κ2) is 5.93. The van der Waals surface area contributed by atoms with E-state index in [1.165, 1.54) is 4.58 Å². The van der Waals surface area contributed by atoms with E-state index in [0.29, 0.717) is 0 Å². The highest BCUT2D eigenvalue weighted by Crippen LogP contribution is 2.56. The first kappa shape index (κ1) is 20.1. The normalized spacial score (nSPS) is 22.3. The van der Waals surface area contributed by atoms with E-state index < -0.39 is 41.1 Å². The van der Waals surface area contributed by atoms with E-state index in [9.17, 15) is 19.5 Å². The van der Waals surface area contributed by atoms with Gasteiger partial charge in [-0.25, -0.2) is 14.4 Å². The van der Waals surface area contributed by atoms with Crippen LogP contribution in [0.15, 0.2) is 11.1 Å². The van der Waals surface area contributed by atoms with Crippen LogP contribution in [0.4, 0.5) is 4.79 Å². The molecule has 2 rings (SSSR count). The van der Waals surface area contributed by atoms with Gasteiger partial charge in [-0.3, -0.25) is 0 Å². The summed E-state index contributed by atoms with van der Waals surface area (Å²) in [6.07, 6.45) is 0.897. The molecule has 0 radical (unpaired) electrons. The van der Waals surface area contributed by atoms with Crippen LogP contribution in [0.25, 0.3) is 0 Å². The molecule has 1 aliphatic heterocycles. The Bertz CT molecular complexity index is 732. The van der Waals surface area contributed by atoms with Crippen LogP contribution in [0.3, 0.4) is 0 Å². The molecule has 2 aliphatic rings. The van der Waals surface area contributed by atoms with Crippen molar-refractivity contribution in [1.82, 2.24) is 5.32 Å². The summed E-state index contributed by atoms with van der Waals surface area (Å²) in [5.74, 6) is -1.53. The van der Waals surface area contributed by atoms with Crippen molar-refractivity contribution in [3.8, 4) is 0 Å². The van der Waals surface area contributed by atoms with Crippen molar-refractivity contribution in [3.05, 3.63) is 11.1 Å². The van der Waals surface area contributed by atoms with Crippen molar-refractivity contribution in [3.63, 3.8) is 0 Å². The Hall–Kier alpha value is -2.18. The molecule has 2 amide bonds. The number of hydrogen-bond donors (Lipinski definition) is 2. The summed E-state index contributed by atoms with van der Waals surface area (Å²) in [5.41, 5.74) is 0.0283.